The van der Waals surface area contributed by atoms with Crippen LogP contribution in [0.15, 0.2) is 53.0 Å². The summed E-state index contributed by atoms with van der Waals surface area (Å²) in [6.45, 7) is 4.26. The van der Waals surface area contributed by atoms with E-state index >= 15 is 0 Å². The van der Waals surface area contributed by atoms with Crippen LogP contribution in [0.25, 0.3) is 6.08 Å². The van der Waals surface area contributed by atoms with Gasteiger partial charge in [-0.2, -0.15) is 0 Å². The van der Waals surface area contributed by atoms with Gasteiger partial charge >= 0.3 is 132 Å². The summed E-state index contributed by atoms with van der Waals surface area (Å²) in [4.78, 5) is 0. The fourth-order valence-corrected chi connectivity index (χ4v) is 4.40. The second-order valence-electron chi connectivity index (χ2n) is 5.44. The van der Waals surface area contributed by atoms with E-state index in [9.17, 15) is 0 Å². The summed E-state index contributed by atoms with van der Waals surface area (Å²) < 4.78 is 14.2. The Morgan fingerprint density at radius 3 is 2.52 bits per heavy atom. The number of benzene rings is 2. The number of hydrogen-bond donors (Lipinski definition) is 0. The average Bonchev–Trinajstić information content (AvgIpc) is 2.48. The second kappa shape index (κ2) is 5.59. The van der Waals surface area contributed by atoms with Gasteiger partial charge < -0.3 is 0 Å². The minimum absolute atomic E-state index is 0.266. The maximum absolute atomic E-state index is 6.21. The van der Waals surface area contributed by atoms with Crippen LogP contribution >= 0.6 is 0 Å². The van der Waals surface area contributed by atoms with E-state index in [1.807, 2.05) is 12.1 Å². The second-order valence-corrected chi connectivity index (χ2v) is 7.78. The van der Waals surface area contributed by atoms with Gasteiger partial charge in [-0.15, -0.1) is 0 Å². The van der Waals surface area contributed by atoms with Crippen molar-refractivity contribution in [3.63, 3.8) is 0 Å². The molecule has 2 aromatic carbocycles. The third-order valence-corrected chi connectivity index (χ3v) is 6.24. The van der Waals surface area contributed by atoms with Crippen molar-refractivity contribution in [1.29, 1.82) is 0 Å². The molecule has 0 bridgehead atoms. The molecular formula is C18H18O2Se. The van der Waals surface area contributed by atoms with Crippen LogP contribution in [0.4, 0.5) is 0 Å². The quantitative estimate of drug-likeness (QED) is 0.795. The fraction of sp³-hybridized carbons (Fsp3) is 0.222. The molecule has 0 aromatic heterocycles. The summed E-state index contributed by atoms with van der Waals surface area (Å²) >= 11 is 0.266. The molecule has 0 spiro atoms. The molecule has 0 atom stereocenters. The molecule has 0 fully saturated rings. The van der Waals surface area contributed by atoms with Crippen LogP contribution in [0.3, 0.4) is 0 Å². The molecular weight excluding hydrogens is 327 g/mol. The van der Waals surface area contributed by atoms with Crippen molar-refractivity contribution in [2.75, 3.05) is 7.11 Å². The van der Waals surface area contributed by atoms with Crippen molar-refractivity contribution >= 4 is 25.5 Å². The standard InChI is InChI=1S/C18H18O2Se/c1-18(2)17(21-15-7-5-4-6-8-15)11-13-9-10-14(19-3)12-16(13)20-18/h4-12H,1-3H3. The van der Waals surface area contributed by atoms with Crippen molar-refractivity contribution in [3.8, 4) is 11.5 Å². The maximum atomic E-state index is 6.21. The third-order valence-electron chi connectivity index (χ3n) is 3.44. The molecule has 3 heteroatoms. The summed E-state index contributed by atoms with van der Waals surface area (Å²) in [5, 5.41) is 0. The van der Waals surface area contributed by atoms with Crippen LogP contribution in [0, 0.1) is 0 Å². The van der Waals surface area contributed by atoms with Crippen molar-refractivity contribution in [1.82, 2.24) is 0 Å². The predicted molar refractivity (Wildman–Crippen MR) is 87.5 cm³/mol. The number of fused-ring (bicyclic) bond motifs is 1. The van der Waals surface area contributed by atoms with Crippen molar-refractivity contribution in [3.05, 3.63) is 58.6 Å². The Kier molecular flexibility index (Phi) is 3.79. The van der Waals surface area contributed by atoms with Gasteiger partial charge in [0.1, 0.15) is 0 Å². The zero-order chi connectivity index (χ0) is 14.9. The van der Waals surface area contributed by atoms with Gasteiger partial charge in [0.05, 0.1) is 0 Å². The molecule has 0 N–H and O–H groups in total. The molecule has 0 unspecified atom stereocenters. The molecule has 0 amide bonds. The molecule has 2 nitrogen and oxygen atoms in total. The number of rotatable bonds is 3. The van der Waals surface area contributed by atoms with Crippen LogP contribution in [0.5, 0.6) is 11.5 Å². The zero-order valence-corrected chi connectivity index (χ0v) is 14.1. The Morgan fingerprint density at radius 1 is 1.05 bits per heavy atom. The van der Waals surface area contributed by atoms with Crippen molar-refractivity contribution in [2.45, 2.75) is 19.4 Å². The zero-order valence-electron chi connectivity index (χ0n) is 12.4. The SMILES string of the molecule is COc1ccc2c(c1)OC(C)(C)C([Se]c1ccccc1)=C2. The first-order valence-electron chi connectivity index (χ1n) is 6.90. The topological polar surface area (TPSA) is 18.5 Å². The van der Waals surface area contributed by atoms with E-state index in [1.54, 1.807) is 7.11 Å². The van der Waals surface area contributed by atoms with E-state index < -0.39 is 0 Å². The molecule has 0 saturated heterocycles. The Hall–Kier alpha value is -1.70. The van der Waals surface area contributed by atoms with Gasteiger partial charge in [-0.3, -0.25) is 0 Å². The predicted octanol–water partition coefficient (Wildman–Crippen LogP) is 3.24. The van der Waals surface area contributed by atoms with Crippen molar-refractivity contribution in [2.24, 2.45) is 0 Å². The van der Waals surface area contributed by atoms with Gasteiger partial charge in [0.15, 0.2) is 0 Å². The van der Waals surface area contributed by atoms with Gasteiger partial charge in [-0.1, -0.05) is 0 Å². The molecule has 1 aliphatic heterocycles. The molecule has 1 aliphatic rings. The number of hydrogen-bond acceptors (Lipinski definition) is 2. The summed E-state index contributed by atoms with van der Waals surface area (Å²) in [6.07, 6.45) is 2.27. The van der Waals surface area contributed by atoms with Gasteiger partial charge in [0.25, 0.3) is 0 Å². The Labute approximate surface area is 131 Å². The van der Waals surface area contributed by atoms with E-state index in [2.05, 4.69) is 56.3 Å². The van der Waals surface area contributed by atoms with Crippen LogP contribution in [-0.2, 0) is 0 Å². The monoisotopic (exact) mass is 346 g/mol. The Morgan fingerprint density at radius 2 is 1.81 bits per heavy atom. The van der Waals surface area contributed by atoms with Gasteiger partial charge in [-0.25, -0.2) is 0 Å². The average molecular weight is 345 g/mol. The first kappa shape index (κ1) is 14.2. The van der Waals surface area contributed by atoms with E-state index in [-0.39, 0.29) is 20.6 Å². The number of ether oxygens (including phenoxy) is 2. The first-order valence-corrected chi connectivity index (χ1v) is 8.62. The van der Waals surface area contributed by atoms with Crippen LogP contribution in [0.1, 0.15) is 19.4 Å². The summed E-state index contributed by atoms with van der Waals surface area (Å²) in [5.74, 6) is 1.72. The van der Waals surface area contributed by atoms with Gasteiger partial charge in [-0.05, 0) is 0 Å². The molecule has 21 heavy (non-hydrogen) atoms. The summed E-state index contributed by atoms with van der Waals surface area (Å²) in [6, 6.07) is 16.6. The molecule has 0 radical (unpaired) electrons. The van der Waals surface area contributed by atoms with Gasteiger partial charge in [0.2, 0.25) is 0 Å². The van der Waals surface area contributed by atoms with Crippen LogP contribution in [0.2, 0.25) is 0 Å². The first-order chi connectivity index (χ1) is 10.1. The van der Waals surface area contributed by atoms with Gasteiger partial charge in [0, 0.05) is 0 Å². The third kappa shape index (κ3) is 2.99. The molecule has 108 valence electrons. The summed E-state index contributed by atoms with van der Waals surface area (Å²) in [5.41, 5.74) is 0.845. The van der Waals surface area contributed by atoms with Crippen LogP contribution in [-0.4, -0.2) is 27.7 Å². The fourth-order valence-electron chi connectivity index (χ4n) is 2.26. The van der Waals surface area contributed by atoms with Crippen LogP contribution < -0.4 is 13.9 Å². The molecule has 1 heterocycles. The molecule has 2 aromatic rings. The normalized spacial score (nSPS) is 15.7. The molecule has 0 saturated carbocycles. The minimum atomic E-state index is -0.283. The van der Waals surface area contributed by atoms with E-state index in [1.165, 1.54) is 8.93 Å². The summed E-state index contributed by atoms with van der Waals surface area (Å²) in [7, 11) is 1.68. The molecule has 3 rings (SSSR count). The Bertz CT molecular complexity index is 675. The molecule has 0 aliphatic carbocycles. The number of methoxy groups -OCH3 is 1. The Balaban J connectivity index is 1.97. The van der Waals surface area contributed by atoms with Crippen molar-refractivity contribution < 1.29 is 9.47 Å². The van der Waals surface area contributed by atoms with E-state index in [0.717, 1.165) is 17.1 Å². The van der Waals surface area contributed by atoms with E-state index in [0.29, 0.717) is 0 Å². The van der Waals surface area contributed by atoms with E-state index in [4.69, 9.17) is 9.47 Å².